The molecule has 0 aliphatic carbocycles. The summed E-state index contributed by atoms with van der Waals surface area (Å²) in [6.45, 7) is 2.63. The highest BCUT2D eigenvalue weighted by Crippen LogP contribution is 2.20. The number of nitriles is 1. The van der Waals surface area contributed by atoms with E-state index in [2.05, 4.69) is 10.6 Å². The smallest absolute Gasteiger partial charge is 0.221 e. The quantitative estimate of drug-likeness (QED) is 0.830. The van der Waals surface area contributed by atoms with Crippen LogP contribution in [0.15, 0.2) is 12.1 Å². The minimum atomic E-state index is -0.842. The maximum atomic E-state index is 13.5. The number of carbonyl (C=O) groups is 1. The molecule has 0 saturated carbocycles. The molecule has 0 bridgehead atoms. The summed E-state index contributed by atoms with van der Waals surface area (Å²) in [5, 5.41) is 13.7. The van der Waals surface area contributed by atoms with Crippen molar-refractivity contribution in [2.75, 3.05) is 18.4 Å². The summed E-state index contributed by atoms with van der Waals surface area (Å²) in [6.07, 6.45) is 0.955. The molecule has 102 valence electrons. The zero-order chi connectivity index (χ0) is 14.3. The molecule has 4 nitrogen and oxygen atoms in total. The van der Waals surface area contributed by atoms with E-state index in [1.807, 2.05) is 6.92 Å². The molecule has 0 aliphatic rings. The van der Waals surface area contributed by atoms with Crippen LogP contribution in [0.2, 0.25) is 0 Å². The molecule has 0 heterocycles. The van der Waals surface area contributed by atoms with Crippen molar-refractivity contribution in [2.24, 2.45) is 0 Å². The number of nitrogens with one attached hydrogen (secondary N) is 2. The molecule has 1 amide bonds. The summed E-state index contributed by atoms with van der Waals surface area (Å²) in [4.78, 5) is 11.3. The van der Waals surface area contributed by atoms with E-state index in [1.165, 1.54) is 0 Å². The first-order chi connectivity index (χ1) is 9.08. The monoisotopic (exact) mass is 267 g/mol. The summed E-state index contributed by atoms with van der Waals surface area (Å²) in [7, 11) is 0. The average molecular weight is 267 g/mol. The van der Waals surface area contributed by atoms with Crippen LogP contribution in [0, 0.1) is 23.0 Å². The van der Waals surface area contributed by atoms with Crippen LogP contribution < -0.4 is 10.6 Å². The molecule has 0 fully saturated rings. The van der Waals surface area contributed by atoms with Gasteiger partial charge in [-0.2, -0.15) is 5.26 Å². The topological polar surface area (TPSA) is 64.9 Å². The van der Waals surface area contributed by atoms with Gasteiger partial charge in [-0.25, -0.2) is 8.78 Å². The lowest BCUT2D eigenvalue weighted by atomic mass is 10.2. The number of carbonyl (C=O) groups excluding carboxylic acids is 1. The second-order valence-corrected chi connectivity index (χ2v) is 3.95. The highest BCUT2D eigenvalue weighted by Gasteiger charge is 2.11. The fourth-order valence-corrected chi connectivity index (χ4v) is 1.46. The number of anilines is 1. The predicted octanol–water partition coefficient (Wildman–Crippen LogP) is 2.16. The Morgan fingerprint density at radius 2 is 1.95 bits per heavy atom. The third-order valence-electron chi connectivity index (χ3n) is 2.40. The SMILES string of the molecule is CCCNC(=O)CCNc1c(F)cc(C#N)cc1F. The maximum Gasteiger partial charge on any atom is 0.221 e. The maximum absolute atomic E-state index is 13.5. The number of amides is 1. The molecular formula is C13H15F2N3O. The summed E-state index contributed by atoms with van der Waals surface area (Å²) in [5.74, 6) is -1.86. The van der Waals surface area contributed by atoms with Gasteiger partial charge in [0.15, 0.2) is 11.6 Å². The van der Waals surface area contributed by atoms with Crippen molar-refractivity contribution in [3.8, 4) is 6.07 Å². The number of halogens is 2. The molecule has 0 aromatic heterocycles. The van der Waals surface area contributed by atoms with E-state index in [0.717, 1.165) is 18.6 Å². The molecule has 0 atom stereocenters. The molecule has 1 rings (SSSR count). The van der Waals surface area contributed by atoms with Crippen LogP contribution in [0.5, 0.6) is 0 Å². The van der Waals surface area contributed by atoms with Gasteiger partial charge in [0.05, 0.1) is 11.6 Å². The molecule has 1 aromatic rings. The lowest BCUT2D eigenvalue weighted by molar-refractivity contribution is -0.120. The fraction of sp³-hybridized carbons (Fsp3) is 0.385. The number of nitrogens with zero attached hydrogens (tertiary/aromatic N) is 1. The molecule has 0 radical (unpaired) electrons. The van der Waals surface area contributed by atoms with E-state index in [-0.39, 0.29) is 30.1 Å². The van der Waals surface area contributed by atoms with Crippen molar-refractivity contribution < 1.29 is 13.6 Å². The van der Waals surface area contributed by atoms with Gasteiger partial charge in [-0.1, -0.05) is 6.92 Å². The van der Waals surface area contributed by atoms with Crippen LogP contribution in [0.25, 0.3) is 0 Å². The van der Waals surface area contributed by atoms with Crippen LogP contribution in [-0.2, 0) is 4.79 Å². The van der Waals surface area contributed by atoms with Crippen molar-refractivity contribution in [3.63, 3.8) is 0 Å². The molecule has 1 aromatic carbocycles. The Balaban J connectivity index is 2.55. The first-order valence-corrected chi connectivity index (χ1v) is 5.98. The third kappa shape index (κ3) is 4.54. The Kier molecular flexibility index (Phi) is 5.73. The largest absolute Gasteiger partial charge is 0.380 e. The number of benzene rings is 1. The molecular weight excluding hydrogens is 252 g/mol. The summed E-state index contributed by atoms with van der Waals surface area (Å²) in [5.41, 5.74) is -0.400. The Bertz CT molecular complexity index is 474. The first-order valence-electron chi connectivity index (χ1n) is 5.98. The van der Waals surface area contributed by atoms with Gasteiger partial charge in [-0.05, 0) is 18.6 Å². The number of hydrogen-bond acceptors (Lipinski definition) is 3. The lowest BCUT2D eigenvalue weighted by Gasteiger charge is -2.09. The standard InChI is InChI=1S/C13H15F2N3O/c1-2-4-17-12(19)3-5-18-13-10(14)6-9(8-16)7-11(13)15/h6-7,18H,2-5H2,1H3,(H,17,19). The minimum Gasteiger partial charge on any atom is -0.380 e. The normalized spacial score (nSPS) is 9.79. The average Bonchev–Trinajstić information content (AvgIpc) is 2.39. The van der Waals surface area contributed by atoms with E-state index in [4.69, 9.17) is 5.26 Å². The molecule has 0 unspecified atom stereocenters. The minimum absolute atomic E-state index is 0.0822. The lowest BCUT2D eigenvalue weighted by Crippen LogP contribution is -2.26. The van der Waals surface area contributed by atoms with Crippen LogP contribution in [0.3, 0.4) is 0 Å². The second-order valence-electron chi connectivity index (χ2n) is 3.95. The number of rotatable bonds is 6. The van der Waals surface area contributed by atoms with Gasteiger partial charge in [0.2, 0.25) is 5.91 Å². The van der Waals surface area contributed by atoms with Gasteiger partial charge < -0.3 is 10.6 Å². The molecule has 2 N–H and O–H groups in total. The van der Waals surface area contributed by atoms with E-state index >= 15 is 0 Å². The molecule has 0 spiro atoms. The van der Waals surface area contributed by atoms with E-state index < -0.39 is 11.6 Å². The molecule has 19 heavy (non-hydrogen) atoms. The molecule has 6 heteroatoms. The summed E-state index contributed by atoms with van der Waals surface area (Å²) in [6, 6.07) is 3.56. The van der Waals surface area contributed by atoms with Gasteiger partial charge in [0.25, 0.3) is 0 Å². The van der Waals surface area contributed by atoms with Crippen molar-refractivity contribution in [2.45, 2.75) is 19.8 Å². The highest BCUT2D eigenvalue weighted by molar-refractivity contribution is 5.76. The molecule has 0 saturated heterocycles. The Hall–Kier alpha value is -2.16. The van der Waals surface area contributed by atoms with Gasteiger partial charge in [-0.15, -0.1) is 0 Å². The van der Waals surface area contributed by atoms with E-state index in [9.17, 15) is 13.6 Å². The van der Waals surface area contributed by atoms with Crippen LogP contribution >= 0.6 is 0 Å². The van der Waals surface area contributed by atoms with E-state index in [0.29, 0.717) is 6.54 Å². The van der Waals surface area contributed by atoms with Crippen molar-refractivity contribution in [1.29, 1.82) is 5.26 Å². The highest BCUT2D eigenvalue weighted by atomic mass is 19.1. The Morgan fingerprint density at radius 3 is 2.47 bits per heavy atom. The summed E-state index contributed by atoms with van der Waals surface area (Å²) >= 11 is 0. The van der Waals surface area contributed by atoms with Crippen molar-refractivity contribution >= 4 is 11.6 Å². The van der Waals surface area contributed by atoms with Crippen LogP contribution in [-0.4, -0.2) is 19.0 Å². The predicted molar refractivity (Wildman–Crippen MR) is 67.5 cm³/mol. The number of hydrogen-bond donors (Lipinski definition) is 2. The second kappa shape index (κ2) is 7.31. The van der Waals surface area contributed by atoms with Gasteiger partial charge >= 0.3 is 0 Å². The van der Waals surface area contributed by atoms with Gasteiger partial charge in [-0.3, -0.25) is 4.79 Å². The fourth-order valence-electron chi connectivity index (χ4n) is 1.46. The van der Waals surface area contributed by atoms with E-state index in [1.54, 1.807) is 6.07 Å². The Labute approximate surface area is 110 Å². The van der Waals surface area contributed by atoms with Gasteiger partial charge in [0, 0.05) is 19.5 Å². The zero-order valence-electron chi connectivity index (χ0n) is 10.6. The first kappa shape index (κ1) is 14.9. The third-order valence-corrected chi connectivity index (χ3v) is 2.40. The van der Waals surface area contributed by atoms with Gasteiger partial charge in [0.1, 0.15) is 5.69 Å². The molecule has 0 aliphatic heterocycles. The van der Waals surface area contributed by atoms with Crippen LogP contribution in [0.4, 0.5) is 14.5 Å². The zero-order valence-corrected chi connectivity index (χ0v) is 10.6. The van der Waals surface area contributed by atoms with Crippen LogP contribution in [0.1, 0.15) is 25.3 Å². The Morgan fingerprint density at radius 1 is 1.32 bits per heavy atom. The van der Waals surface area contributed by atoms with Crippen molar-refractivity contribution in [3.05, 3.63) is 29.3 Å². The summed E-state index contributed by atoms with van der Waals surface area (Å²) < 4.78 is 26.9. The van der Waals surface area contributed by atoms with Crippen molar-refractivity contribution in [1.82, 2.24) is 5.32 Å².